The van der Waals surface area contributed by atoms with Gasteiger partial charge in [-0.1, -0.05) is 12.1 Å². The topological polar surface area (TPSA) is 180 Å². The Morgan fingerprint density at radius 1 is 1.27 bits per heavy atom. The van der Waals surface area contributed by atoms with Crippen molar-refractivity contribution in [2.24, 2.45) is 22.9 Å². The SMILES string of the molecule is C[C@@H](O)[C@H]1C(=O)N2C(C(=O)O)=C(S[C@@H]3CN[C@H](C(=O)N4C/C(=N\O)C(C(=O)O)C4)C3)[C@H](C)[C@H]12. The zero-order chi connectivity index (χ0) is 24.2. The minimum atomic E-state index is -1.20. The van der Waals surface area contributed by atoms with E-state index in [0.717, 1.165) is 0 Å². The first kappa shape index (κ1) is 23.5. The molecule has 4 aliphatic rings. The van der Waals surface area contributed by atoms with Crippen molar-refractivity contribution >= 4 is 41.2 Å². The molecule has 3 fully saturated rings. The highest BCUT2D eigenvalue weighted by Gasteiger charge is 2.60. The Labute approximate surface area is 193 Å². The summed E-state index contributed by atoms with van der Waals surface area (Å²) in [6.45, 7) is 3.66. The Kier molecular flexibility index (Phi) is 6.14. The fraction of sp³-hybridized carbons (Fsp3) is 0.650. The molecule has 0 bridgehead atoms. The van der Waals surface area contributed by atoms with Gasteiger partial charge in [0, 0.05) is 29.2 Å². The van der Waals surface area contributed by atoms with Gasteiger partial charge in [0.25, 0.3) is 0 Å². The molecular weight excluding hydrogens is 456 g/mol. The van der Waals surface area contributed by atoms with Crippen LogP contribution in [0.2, 0.25) is 0 Å². The van der Waals surface area contributed by atoms with E-state index in [1.807, 2.05) is 6.92 Å². The highest BCUT2D eigenvalue weighted by Crippen LogP contribution is 2.51. The second-order valence-electron chi connectivity index (χ2n) is 8.91. The van der Waals surface area contributed by atoms with Gasteiger partial charge in [-0.2, -0.15) is 0 Å². The number of fused-ring (bicyclic) bond motifs is 1. The summed E-state index contributed by atoms with van der Waals surface area (Å²) < 4.78 is 0. The van der Waals surface area contributed by atoms with E-state index in [4.69, 9.17) is 5.21 Å². The summed E-state index contributed by atoms with van der Waals surface area (Å²) in [7, 11) is 0. The summed E-state index contributed by atoms with van der Waals surface area (Å²) in [6.07, 6.45) is -0.483. The molecule has 0 aromatic rings. The lowest BCUT2D eigenvalue weighted by Crippen LogP contribution is -2.63. The molecule has 4 heterocycles. The van der Waals surface area contributed by atoms with Crippen LogP contribution in [0.3, 0.4) is 0 Å². The van der Waals surface area contributed by atoms with Crippen LogP contribution >= 0.6 is 11.8 Å². The first-order chi connectivity index (χ1) is 15.6. The fourth-order valence-corrected chi connectivity index (χ4v) is 6.72. The molecule has 0 aliphatic carbocycles. The molecule has 5 N–H and O–H groups in total. The summed E-state index contributed by atoms with van der Waals surface area (Å²) in [6, 6.07) is -0.976. The largest absolute Gasteiger partial charge is 0.481 e. The van der Waals surface area contributed by atoms with Gasteiger partial charge in [0.1, 0.15) is 11.6 Å². The summed E-state index contributed by atoms with van der Waals surface area (Å²) in [4.78, 5) is 51.8. The third-order valence-corrected chi connectivity index (χ3v) is 8.40. The second kappa shape index (κ2) is 8.61. The van der Waals surface area contributed by atoms with Crippen molar-refractivity contribution in [1.82, 2.24) is 15.1 Å². The van der Waals surface area contributed by atoms with Gasteiger partial charge in [0.2, 0.25) is 11.8 Å². The summed E-state index contributed by atoms with van der Waals surface area (Å²) in [5.74, 6) is -5.00. The number of aliphatic hydroxyl groups excluding tert-OH is 1. The van der Waals surface area contributed by atoms with E-state index in [-0.39, 0.29) is 41.6 Å². The lowest BCUT2D eigenvalue weighted by molar-refractivity contribution is -0.163. The molecule has 3 saturated heterocycles. The van der Waals surface area contributed by atoms with Crippen molar-refractivity contribution in [2.75, 3.05) is 19.6 Å². The Morgan fingerprint density at radius 3 is 2.52 bits per heavy atom. The molecule has 4 rings (SSSR count). The van der Waals surface area contributed by atoms with Crippen LogP contribution in [-0.4, -0.2) is 103 Å². The summed E-state index contributed by atoms with van der Waals surface area (Å²) in [5, 5.41) is 44.0. The average Bonchev–Trinajstić information content (AvgIpc) is 3.44. The van der Waals surface area contributed by atoms with Crippen LogP contribution in [0.15, 0.2) is 15.8 Å². The Bertz CT molecular complexity index is 966. The van der Waals surface area contributed by atoms with Crippen molar-refractivity contribution in [3.63, 3.8) is 0 Å². The highest BCUT2D eigenvalue weighted by atomic mass is 32.2. The standard InChI is InChI=1S/C20H26N4O8S/c1-7-14-13(8(2)25)18(27)24(14)15(20(30)31)16(7)33-9-3-11(21-4-9)17(26)23-5-10(19(28)29)12(6-23)22-32/h7-11,13-14,21,25,32H,3-6H2,1-2H3,(H,28,29)(H,30,31)/b22-12+/t7-,8-,9+,10?,11+,13-,14-/m1/s1. The lowest BCUT2D eigenvalue weighted by atomic mass is 9.79. The van der Waals surface area contributed by atoms with Crippen molar-refractivity contribution < 1.29 is 39.7 Å². The number of thioether (sulfide) groups is 1. The Hall–Kier alpha value is -2.64. The number of carbonyl (C=O) groups excluding carboxylic acids is 2. The number of nitrogens with zero attached hydrogens (tertiary/aromatic N) is 3. The van der Waals surface area contributed by atoms with Gasteiger partial charge in [-0.25, -0.2) is 4.79 Å². The number of β-lactam (4-membered cyclic amide) rings is 1. The van der Waals surface area contributed by atoms with E-state index >= 15 is 0 Å². The van der Waals surface area contributed by atoms with Crippen LogP contribution < -0.4 is 5.32 Å². The van der Waals surface area contributed by atoms with Gasteiger partial charge in [-0.15, -0.1) is 11.8 Å². The number of hydrogen-bond donors (Lipinski definition) is 5. The number of nitrogens with one attached hydrogen (secondary N) is 1. The van der Waals surface area contributed by atoms with E-state index < -0.39 is 47.9 Å². The number of hydrogen-bond acceptors (Lipinski definition) is 9. The zero-order valence-corrected chi connectivity index (χ0v) is 18.9. The van der Waals surface area contributed by atoms with Gasteiger partial charge in [-0.05, 0) is 13.3 Å². The number of oxime groups is 1. The molecule has 180 valence electrons. The van der Waals surface area contributed by atoms with Crippen molar-refractivity contribution in [3.05, 3.63) is 10.6 Å². The number of aliphatic carboxylic acids is 2. The molecular formula is C20H26N4O8S. The highest BCUT2D eigenvalue weighted by molar-refractivity contribution is 8.03. The van der Waals surface area contributed by atoms with Gasteiger partial charge in [-0.3, -0.25) is 14.4 Å². The minimum Gasteiger partial charge on any atom is -0.481 e. The molecule has 0 aromatic heterocycles. The number of carbonyl (C=O) groups is 4. The predicted octanol–water partition coefficient (Wildman–Crippen LogP) is -1.02. The molecule has 7 atom stereocenters. The maximum Gasteiger partial charge on any atom is 0.353 e. The van der Waals surface area contributed by atoms with Crippen LogP contribution in [0, 0.1) is 17.8 Å². The number of amides is 2. The summed E-state index contributed by atoms with van der Waals surface area (Å²) in [5.41, 5.74) is -0.0283. The van der Waals surface area contributed by atoms with Gasteiger partial charge < -0.3 is 35.6 Å². The maximum absolute atomic E-state index is 12.9. The molecule has 1 unspecified atom stereocenters. The van der Waals surface area contributed by atoms with E-state index in [0.29, 0.717) is 17.9 Å². The van der Waals surface area contributed by atoms with Crippen molar-refractivity contribution in [3.8, 4) is 0 Å². The molecule has 33 heavy (non-hydrogen) atoms. The second-order valence-corrected chi connectivity index (χ2v) is 10.3. The van der Waals surface area contributed by atoms with E-state index in [2.05, 4.69) is 10.5 Å². The Morgan fingerprint density at radius 2 is 1.97 bits per heavy atom. The number of aliphatic hydroxyl groups is 1. The molecule has 4 aliphatic heterocycles. The molecule has 0 aromatic carbocycles. The van der Waals surface area contributed by atoms with Crippen molar-refractivity contribution in [2.45, 2.75) is 43.7 Å². The molecule has 0 radical (unpaired) electrons. The normalized spacial score (nSPS) is 35.7. The van der Waals surface area contributed by atoms with E-state index in [9.17, 15) is 34.5 Å². The Balaban J connectivity index is 1.44. The number of carboxylic acids is 2. The molecule has 13 heteroatoms. The zero-order valence-electron chi connectivity index (χ0n) is 18.0. The van der Waals surface area contributed by atoms with Gasteiger partial charge >= 0.3 is 11.9 Å². The number of rotatable bonds is 6. The monoisotopic (exact) mass is 482 g/mol. The first-order valence-electron chi connectivity index (χ1n) is 10.7. The third kappa shape index (κ3) is 3.77. The quantitative estimate of drug-likeness (QED) is 0.179. The predicted molar refractivity (Wildman–Crippen MR) is 114 cm³/mol. The third-order valence-electron chi connectivity index (χ3n) is 6.89. The smallest absolute Gasteiger partial charge is 0.353 e. The van der Waals surface area contributed by atoms with Gasteiger partial charge in [0.15, 0.2) is 0 Å². The first-order valence-corrected chi connectivity index (χ1v) is 11.6. The van der Waals surface area contributed by atoms with Crippen LogP contribution in [0.25, 0.3) is 0 Å². The number of likely N-dealkylation sites (tertiary alicyclic amines) is 1. The van der Waals surface area contributed by atoms with Crippen LogP contribution in [-0.2, 0) is 19.2 Å². The summed E-state index contributed by atoms with van der Waals surface area (Å²) >= 11 is 1.33. The maximum atomic E-state index is 12.9. The minimum absolute atomic E-state index is 0.0256. The van der Waals surface area contributed by atoms with Gasteiger partial charge in [0.05, 0.1) is 36.4 Å². The van der Waals surface area contributed by atoms with Crippen molar-refractivity contribution in [1.29, 1.82) is 0 Å². The van der Waals surface area contributed by atoms with Crippen LogP contribution in [0.1, 0.15) is 20.3 Å². The average molecular weight is 483 g/mol. The molecule has 0 saturated carbocycles. The lowest BCUT2D eigenvalue weighted by Gasteiger charge is -2.46. The molecule has 0 spiro atoms. The van der Waals surface area contributed by atoms with E-state index in [1.54, 1.807) is 0 Å². The van der Waals surface area contributed by atoms with Crippen LogP contribution in [0.4, 0.5) is 0 Å². The number of carboxylic acid groups (broad SMARTS) is 2. The fourth-order valence-electron chi connectivity index (χ4n) is 5.25. The molecule has 12 nitrogen and oxygen atoms in total. The van der Waals surface area contributed by atoms with E-state index in [1.165, 1.54) is 28.5 Å². The van der Waals surface area contributed by atoms with Crippen LogP contribution in [0.5, 0.6) is 0 Å². The molecule has 2 amide bonds.